The number of para-hydroxylation sites is 1. The first-order valence-electron chi connectivity index (χ1n) is 7.41. The second kappa shape index (κ2) is 8.12. The van der Waals surface area contributed by atoms with Crippen molar-refractivity contribution in [1.82, 2.24) is 5.32 Å². The standard InChI is InChI=1S/C18H19NO5/c1-24-15-10-6-5-9-13(15)11-14(18(22)23)19-17(21)16(20)12-7-3-2-4-8-12/h2-10,14,16,20H,11H2,1H3,(H,19,21)(H,22,23)/t14-,16+/m1/s1. The molecule has 24 heavy (non-hydrogen) atoms. The van der Waals surface area contributed by atoms with E-state index in [1.165, 1.54) is 7.11 Å². The smallest absolute Gasteiger partial charge is 0.326 e. The third kappa shape index (κ3) is 4.33. The number of aliphatic hydroxyl groups excluding tert-OH is 1. The highest BCUT2D eigenvalue weighted by molar-refractivity contribution is 5.87. The molecular weight excluding hydrogens is 310 g/mol. The molecule has 1 amide bonds. The van der Waals surface area contributed by atoms with Crippen LogP contribution in [0.15, 0.2) is 54.6 Å². The monoisotopic (exact) mass is 329 g/mol. The van der Waals surface area contributed by atoms with Crippen molar-refractivity contribution in [3.8, 4) is 5.75 Å². The summed E-state index contributed by atoms with van der Waals surface area (Å²) >= 11 is 0. The van der Waals surface area contributed by atoms with E-state index in [4.69, 9.17) is 4.74 Å². The van der Waals surface area contributed by atoms with Gasteiger partial charge in [0, 0.05) is 6.42 Å². The lowest BCUT2D eigenvalue weighted by Crippen LogP contribution is -2.44. The van der Waals surface area contributed by atoms with Crippen LogP contribution in [0.3, 0.4) is 0 Å². The second-order valence-electron chi connectivity index (χ2n) is 5.23. The van der Waals surface area contributed by atoms with Crippen LogP contribution in [0.5, 0.6) is 5.75 Å². The molecule has 0 aliphatic carbocycles. The van der Waals surface area contributed by atoms with E-state index in [0.717, 1.165) is 0 Å². The number of methoxy groups -OCH3 is 1. The predicted molar refractivity (Wildman–Crippen MR) is 87.7 cm³/mol. The molecule has 0 bridgehead atoms. The summed E-state index contributed by atoms with van der Waals surface area (Å²) in [7, 11) is 1.49. The van der Waals surface area contributed by atoms with Gasteiger partial charge in [-0.05, 0) is 17.2 Å². The van der Waals surface area contributed by atoms with E-state index in [0.29, 0.717) is 16.9 Å². The lowest BCUT2D eigenvalue weighted by Gasteiger charge is -2.18. The summed E-state index contributed by atoms with van der Waals surface area (Å²) in [6.45, 7) is 0. The van der Waals surface area contributed by atoms with Crippen molar-refractivity contribution in [2.45, 2.75) is 18.6 Å². The number of benzene rings is 2. The summed E-state index contributed by atoms with van der Waals surface area (Å²) in [6, 6.07) is 14.1. The van der Waals surface area contributed by atoms with Crippen LogP contribution >= 0.6 is 0 Å². The average Bonchev–Trinajstić information content (AvgIpc) is 2.61. The Morgan fingerprint density at radius 3 is 2.33 bits per heavy atom. The fourth-order valence-electron chi connectivity index (χ4n) is 2.33. The highest BCUT2D eigenvalue weighted by Gasteiger charge is 2.26. The van der Waals surface area contributed by atoms with E-state index >= 15 is 0 Å². The first-order valence-corrected chi connectivity index (χ1v) is 7.41. The molecule has 6 nitrogen and oxygen atoms in total. The number of carbonyl (C=O) groups is 2. The van der Waals surface area contributed by atoms with Gasteiger partial charge in [-0.15, -0.1) is 0 Å². The quantitative estimate of drug-likeness (QED) is 0.716. The van der Waals surface area contributed by atoms with Crippen molar-refractivity contribution in [3.05, 3.63) is 65.7 Å². The number of rotatable bonds is 7. The van der Waals surface area contributed by atoms with Gasteiger partial charge in [0.15, 0.2) is 6.10 Å². The predicted octanol–water partition coefficient (Wildman–Crippen LogP) is 1.54. The number of aliphatic hydroxyl groups is 1. The molecule has 0 aromatic heterocycles. The molecule has 0 radical (unpaired) electrons. The molecule has 0 saturated heterocycles. The third-order valence-electron chi connectivity index (χ3n) is 3.59. The summed E-state index contributed by atoms with van der Waals surface area (Å²) in [4.78, 5) is 23.6. The second-order valence-corrected chi connectivity index (χ2v) is 5.23. The molecule has 0 unspecified atom stereocenters. The molecule has 3 N–H and O–H groups in total. The molecule has 2 aromatic carbocycles. The van der Waals surface area contributed by atoms with Gasteiger partial charge < -0.3 is 20.3 Å². The van der Waals surface area contributed by atoms with Gasteiger partial charge in [-0.25, -0.2) is 4.79 Å². The van der Waals surface area contributed by atoms with Crippen molar-refractivity contribution in [1.29, 1.82) is 0 Å². The van der Waals surface area contributed by atoms with Crippen LogP contribution in [0.1, 0.15) is 17.2 Å². The molecule has 126 valence electrons. The highest BCUT2D eigenvalue weighted by Crippen LogP contribution is 2.19. The molecule has 0 saturated carbocycles. The van der Waals surface area contributed by atoms with Crippen molar-refractivity contribution in [2.75, 3.05) is 7.11 Å². The van der Waals surface area contributed by atoms with E-state index in [9.17, 15) is 19.8 Å². The van der Waals surface area contributed by atoms with Gasteiger partial charge in [0.25, 0.3) is 5.91 Å². The van der Waals surface area contributed by atoms with E-state index in [-0.39, 0.29) is 6.42 Å². The lowest BCUT2D eigenvalue weighted by atomic mass is 10.0. The highest BCUT2D eigenvalue weighted by atomic mass is 16.5. The molecule has 2 rings (SSSR count). The Bertz CT molecular complexity index is 702. The fourth-order valence-corrected chi connectivity index (χ4v) is 2.33. The Balaban J connectivity index is 2.11. The maximum Gasteiger partial charge on any atom is 0.326 e. The molecular formula is C18H19NO5. The minimum Gasteiger partial charge on any atom is -0.496 e. The number of ether oxygens (including phenoxy) is 1. The number of nitrogens with one attached hydrogen (secondary N) is 1. The van der Waals surface area contributed by atoms with Gasteiger partial charge in [-0.1, -0.05) is 48.5 Å². The maximum absolute atomic E-state index is 12.1. The van der Waals surface area contributed by atoms with Crippen LogP contribution in [0.25, 0.3) is 0 Å². The zero-order valence-electron chi connectivity index (χ0n) is 13.2. The number of carboxylic acid groups (broad SMARTS) is 1. The van der Waals surface area contributed by atoms with Crippen LogP contribution < -0.4 is 10.1 Å². The molecule has 2 atom stereocenters. The molecule has 0 aliphatic heterocycles. The SMILES string of the molecule is COc1ccccc1C[C@@H](NC(=O)[C@@H](O)c1ccccc1)C(=O)O. The first kappa shape index (κ1) is 17.5. The Hall–Kier alpha value is -2.86. The van der Waals surface area contributed by atoms with Crippen LogP contribution in [-0.2, 0) is 16.0 Å². The normalized spacial score (nSPS) is 12.9. The number of aliphatic carboxylic acids is 1. The van der Waals surface area contributed by atoms with Gasteiger partial charge in [0.05, 0.1) is 7.11 Å². The van der Waals surface area contributed by atoms with E-state index in [2.05, 4.69) is 5.32 Å². The minimum atomic E-state index is -1.43. The Morgan fingerprint density at radius 1 is 1.08 bits per heavy atom. The summed E-state index contributed by atoms with van der Waals surface area (Å²) in [5.74, 6) is -1.40. The molecule has 0 fully saturated rings. The number of carboxylic acids is 1. The zero-order chi connectivity index (χ0) is 17.5. The number of amides is 1. The zero-order valence-corrected chi connectivity index (χ0v) is 13.2. The van der Waals surface area contributed by atoms with Crippen LogP contribution in [-0.4, -0.2) is 35.2 Å². The molecule has 0 aliphatic rings. The largest absolute Gasteiger partial charge is 0.496 e. The van der Waals surface area contributed by atoms with E-state index in [1.807, 2.05) is 0 Å². The number of carbonyl (C=O) groups excluding carboxylic acids is 1. The van der Waals surface area contributed by atoms with E-state index in [1.54, 1.807) is 54.6 Å². The van der Waals surface area contributed by atoms with Crippen molar-refractivity contribution in [2.24, 2.45) is 0 Å². The average molecular weight is 329 g/mol. The summed E-state index contributed by atoms with van der Waals surface area (Å²) in [5, 5.41) is 21.8. The minimum absolute atomic E-state index is 0.0482. The van der Waals surface area contributed by atoms with Gasteiger partial charge in [-0.3, -0.25) is 4.79 Å². The van der Waals surface area contributed by atoms with Gasteiger partial charge >= 0.3 is 5.97 Å². The Labute approximate surface area is 139 Å². The van der Waals surface area contributed by atoms with Crippen molar-refractivity contribution in [3.63, 3.8) is 0 Å². The van der Waals surface area contributed by atoms with Gasteiger partial charge in [0.2, 0.25) is 0 Å². The van der Waals surface area contributed by atoms with Gasteiger partial charge in [-0.2, -0.15) is 0 Å². The molecule has 0 heterocycles. The Kier molecular flexibility index (Phi) is 5.92. The van der Waals surface area contributed by atoms with Crippen LogP contribution in [0.2, 0.25) is 0 Å². The van der Waals surface area contributed by atoms with Crippen LogP contribution in [0, 0.1) is 0 Å². The lowest BCUT2D eigenvalue weighted by molar-refractivity contribution is -0.143. The number of hydrogen-bond donors (Lipinski definition) is 3. The van der Waals surface area contributed by atoms with Crippen molar-refractivity contribution >= 4 is 11.9 Å². The fraction of sp³-hybridized carbons (Fsp3) is 0.222. The van der Waals surface area contributed by atoms with E-state index < -0.39 is 24.0 Å². The molecule has 2 aromatic rings. The van der Waals surface area contributed by atoms with Crippen molar-refractivity contribution < 1.29 is 24.5 Å². The molecule has 6 heteroatoms. The first-order chi connectivity index (χ1) is 11.5. The number of hydrogen-bond acceptors (Lipinski definition) is 4. The maximum atomic E-state index is 12.1. The van der Waals surface area contributed by atoms with Crippen LogP contribution in [0.4, 0.5) is 0 Å². The third-order valence-corrected chi connectivity index (χ3v) is 3.59. The summed E-state index contributed by atoms with van der Waals surface area (Å²) < 4.78 is 5.19. The molecule has 0 spiro atoms. The Morgan fingerprint density at radius 2 is 1.71 bits per heavy atom. The summed E-state index contributed by atoms with van der Waals surface area (Å²) in [5.41, 5.74) is 1.05. The van der Waals surface area contributed by atoms with Gasteiger partial charge in [0.1, 0.15) is 11.8 Å². The summed E-state index contributed by atoms with van der Waals surface area (Å²) in [6.07, 6.45) is -1.38. The topological polar surface area (TPSA) is 95.9 Å².